The maximum Gasteiger partial charge on any atom is 0.160 e. The van der Waals surface area contributed by atoms with E-state index in [0.29, 0.717) is 12.8 Å². The molecule has 2 aromatic rings. The van der Waals surface area contributed by atoms with Crippen LogP contribution < -0.4 is 0 Å². The summed E-state index contributed by atoms with van der Waals surface area (Å²) in [5.41, 5.74) is 1.98. The van der Waals surface area contributed by atoms with Crippen LogP contribution in [0.3, 0.4) is 0 Å². The SMILES string of the molecule is O=C(C(Br)CC(Cl)c1ccc(Br)cc1)C(Br)CC(Cl)c1ccc(Br)cc1. The maximum absolute atomic E-state index is 12.7. The largest absolute Gasteiger partial charge is 0.297 e. The number of hydrogen-bond donors (Lipinski definition) is 0. The molecule has 4 atom stereocenters. The zero-order valence-corrected chi connectivity index (χ0v) is 21.4. The highest BCUT2D eigenvalue weighted by molar-refractivity contribution is 9.11. The first-order valence-corrected chi connectivity index (χ1v) is 12.2. The first kappa shape index (κ1) is 22.9. The Kier molecular flexibility index (Phi) is 9.66. The fraction of sp³-hybridized carbons (Fsp3) is 0.316. The van der Waals surface area contributed by atoms with E-state index in [0.717, 1.165) is 20.1 Å². The maximum atomic E-state index is 12.7. The molecule has 7 heteroatoms. The summed E-state index contributed by atoms with van der Waals surface area (Å²) in [6, 6.07) is 15.6. The van der Waals surface area contributed by atoms with E-state index in [4.69, 9.17) is 23.2 Å². The molecule has 0 radical (unpaired) electrons. The molecule has 0 amide bonds. The predicted molar refractivity (Wildman–Crippen MR) is 125 cm³/mol. The van der Waals surface area contributed by atoms with Crippen molar-refractivity contribution in [1.29, 1.82) is 0 Å². The van der Waals surface area contributed by atoms with Gasteiger partial charge < -0.3 is 0 Å². The summed E-state index contributed by atoms with van der Waals surface area (Å²) in [6.07, 6.45) is 1.02. The fourth-order valence-electron chi connectivity index (χ4n) is 2.41. The molecule has 0 aliphatic carbocycles. The van der Waals surface area contributed by atoms with Crippen LogP contribution in [0.25, 0.3) is 0 Å². The second-order valence-electron chi connectivity index (χ2n) is 5.85. The van der Waals surface area contributed by atoms with Crippen LogP contribution in [-0.4, -0.2) is 15.4 Å². The summed E-state index contributed by atoms with van der Waals surface area (Å²) >= 11 is 26.7. The van der Waals surface area contributed by atoms with Gasteiger partial charge in [-0.05, 0) is 48.2 Å². The van der Waals surface area contributed by atoms with E-state index in [1.807, 2.05) is 48.5 Å². The second-order valence-corrected chi connectivity index (χ2v) is 10.9. The Balaban J connectivity index is 1.91. The van der Waals surface area contributed by atoms with E-state index in [1.54, 1.807) is 0 Å². The molecule has 2 rings (SSSR count). The monoisotopic (exact) mass is 646 g/mol. The van der Waals surface area contributed by atoms with E-state index in [1.165, 1.54) is 0 Å². The third kappa shape index (κ3) is 6.89. The Morgan fingerprint density at radius 1 is 0.731 bits per heavy atom. The molecular weight excluding hydrogens is 635 g/mol. The number of ketones is 1. The first-order valence-electron chi connectivity index (χ1n) is 7.89. The second kappa shape index (κ2) is 11.0. The van der Waals surface area contributed by atoms with Crippen molar-refractivity contribution in [2.75, 3.05) is 0 Å². The predicted octanol–water partition coefficient (Wildman–Crippen LogP) is 8.35. The van der Waals surface area contributed by atoms with Gasteiger partial charge in [-0.1, -0.05) is 88.0 Å². The van der Waals surface area contributed by atoms with Crippen molar-refractivity contribution < 1.29 is 4.79 Å². The van der Waals surface area contributed by atoms with Crippen molar-refractivity contribution in [3.8, 4) is 0 Å². The molecule has 0 saturated heterocycles. The van der Waals surface area contributed by atoms with Crippen LogP contribution in [0.2, 0.25) is 0 Å². The molecule has 0 spiro atoms. The molecule has 0 aliphatic heterocycles. The Morgan fingerprint density at radius 2 is 1.04 bits per heavy atom. The lowest BCUT2D eigenvalue weighted by molar-refractivity contribution is -0.118. The molecule has 0 N–H and O–H groups in total. The number of carbonyl (C=O) groups excluding carboxylic acids is 1. The molecule has 140 valence electrons. The molecule has 4 unspecified atom stereocenters. The minimum absolute atomic E-state index is 0.0514. The zero-order chi connectivity index (χ0) is 19.3. The van der Waals surface area contributed by atoms with Gasteiger partial charge in [0, 0.05) is 8.95 Å². The number of halogens is 6. The van der Waals surface area contributed by atoms with Crippen molar-refractivity contribution >= 4 is 92.7 Å². The van der Waals surface area contributed by atoms with E-state index in [9.17, 15) is 4.79 Å². The summed E-state index contributed by atoms with van der Waals surface area (Å²) < 4.78 is 2.00. The summed E-state index contributed by atoms with van der Waals surface area (Å²) in [5, 5.41) is -0.483. The van der Waals surface area contributed by atoms with Gasteiger partial charge in [-0.3, -0.25) is 4.79 Å². The number of Topliss-reactive ketones (excluding diaryl/α,β-unsaturated/α-hetero) is 1. The minimum atomic E-state index is -0.341. The van der Waals surface area contributed by atoms with E-state index in [2.05, 4.69) is 63.7 Å². The quantitative estimate of drug-likeness (QED) is 0.263. The molecule has 0 fully saturated rings. The summed E-state index contributed by atoms with van der Waals surface area (Å²) in [7, 11) is 0. The average molecular weight is 651 g/mol. The molecular formula is C19H16Br4Cl2O. The molecule has 0 heterocycles. The lowest BCUT2D eigenvalue weighted by Gasteiger charge is -2.19. The highest BCUT2D eigenvalue weighted by atomic mass is 79.9. The number of benzene rings is 2. The Morgan fingerprint density at radius 3 is 1.35 bits per heavy atom. The van der Waals surface area contributed by atoms with E-state index in [-0.39, 0.29) is 26.2 Å². The van der Waals surface area contributed by atoms with Gasteiger partial charge in [-0.2, -0.15) is 0 Å². The van der Waals surface area contributed by atoms with Crippen LogP contribution in [-0.2, 0) is 4.79 Å². The van der Waals surface area contributed by atoms with Gasteiger partial charge in [0.25, 0.3) is 0 Å². The minimum Gasteiger partial charge on any atom is -0.297 e. The van der Waals surface area contributed by atoms with Crippen molar-refractivity contribution in [3.63, 3.8) is 0 Å². The van der Waals surface area contributed by atoms with Gasteiger partial charge in [0.2, 0.25) is 0 Å². The molecule has 26 heavy (non-hydrogen) atoms. The first-order chi connectivity index (χ1) is 12.3. The van der Waals surface area contributed by atoms with Crippen molar-refractivity contribution in [3.05, 3.63) is 68.6 Å². The zero-order valence-electron chi connectivity index (χ0n) is 13.5. The van der Waals surface area contributed by atoms with Crippen molar-refractivity contribution in [2.24, 2.45) is 0 Å². The molecule has 1 nitrogen and oxygen atoms in total. The van der Waals surface area contributed by atoms with Gasteiger partial charge in [-0.25, -0.2) is 0 Å². The third-order valence-corrected chi connectivity index (χ3v) is 7.48. The number of alkyl halides is 4. The Bertz CT molecular complexity index is 660. The third-order valence-electron chi connectivity index (χ3n) is 3.91. The Labute approximate surface area is 197 Å². The lowest BCUT2D eigenvalue weighted by atomic mass is 10.0. The topological polar surface area (TPSA) is 17.1 Å². The van der Waals surface area contributed by atoms with Gasteiger partial charge >= 0.3 is 0 Å². The summed E-state index contributed by atoms with van der Waals surface area (Å²) in [5.74, 6) is 0.0514. The highest BCUT2D eigenvalue weighted by Crippen LogP contribution is 2.33. The molecule has 2 aromatic carbocycles. The molecule has 0 saturated carbocycles. The van der Waals surface area contributed by atoms with Crippen LogP contribution in [0.5, 0.6) is 0 Å². The van der Waals surface area contributed by atoms with Crippen LogP contribution in [0.15, 0.2) is 57.5 Å². The van der Waals surface area contributed by atoms with Gasteiger partial charge in [-0.15, -0.1) is 23.2 Å². The Hall–Kier alpha value is 0.610. The van der Waals surface area contributed by atoms with Gasteiger partial charge in [0.1, 0.15) is 0 Å². The normalized spacial score (nSPS) is 15.9. The number of hydrogen-bond acceptors (Lipinski definition) is 1. The van der Waals surface area contributed by atoms with Crippen LogP contribution >= 0.6 is 86.9 Å². The average Bonchev–Trinajstić information content (AvgIpc) is 2.61. The highest BCUT2D eigenvalue weighted by Gasteiger charge is 2.27. The summed E-state index contributed by atoms with van der Waals surface area (Å²) in [6.45, 7) is 0. The van der Waals surface area contributed by atoms with Crippen LogP contribution in [0.1, 0.15) is 34.7 Å². The van der Waals surface area contributed by atoms with Crippen LogP contribution in [0.4, 0.5) is 0 Å². The number of rotatable bonds is 8. The standard InChI is InChI=1S/C19H16Br4Cl2O/c20-13-5-1-11(2-6-13)17(24)9-15(22)19(26)16(23)10-18(25)12-3-7-14(21)8-4-12/h1-8,15-18H,9-10H2. The summed E-state index contributed by atoms with van der Waals surface area (Å²) in [4.78, 5) is 12.0. The van der Waals surface area contributed by atoms with Gasteiger partial charge in [0.05, 0.1) is 20.4 Å². The van der Waals surface area contributed by atoms with Crippen molar-refractivity contribution in [1.82, 2.24) is 0 Å². The van der Waals surface area contributed by atoms with Crippen LogP contribution in [0, 0.1) is 0 Å². The van der Waals surface area contributed by atoms with E-state index < -0.39 is 0 Å². The fourth-order valence-corrected chi connectivity index (χ4v) is 5.75. The van der Waals surface area contributed by atoms with E-state index >= 15 is 0 Å². The lowest BCUT2D eigenvalue weighted by Crippen LogP contribution is -2.26. The number of carbonyl (C=O) groups is 1. The molecule has 0 bridgehead atoms. The molecule has 0 aliphatic rings. The van der Waals surface area contributed by atoms with Crippen molar-refractivity contribution in [2.45, 2.75) is 33.3 Å². The molecule has 0 aromatic heterocycles. The van der Waals surface area contributed by atoms with Gasteiger partial charge in [0.15, 0.2) is 5.78 Å². The smallest absolute Gasteiger partial charge is 0.160 e.